The highest BCUT2D eigenvalue weighted by atomic mass is 15.1. The van der Waals surface area contributed by atoms with Gasteiger partial charge in [-0.05, 0) is 57.7 Å². The summed E-state index contributed by atoms with van der Waals surface area (Å²) in [5.41, 5.74) is 0.595. The quantitative estimate of drug-likeness (QED) is 0.735. The molecule has 1 aliphatic rings. The Hall–Kier alpha value is -0.0800. The Morgan fingerprint density at radius 1 is 1.12 bits per heavy atom. The molecular weight excluding hydrogens is 208 g/mol. The van der Waals surface area contributed by atoms with E-state index in [9.17, 15) is 0 Å². The summed E-state index contributed by atoms with van der Waals surface area (Å²) >= 11 is 0. The van der Waals surface area contributed by atoms with E-state index in [4.69, 9.17) is 0 Å². The Morgan fingerprint density at radius 3 is 2.18 bits per heavy atom. The van der Waals surface area contributed by atoms with Gasteiger partial charge in [-0.15, -0.1) is 0 Å². The van der Waals surface area contributed by atoms with Gasteiger partial charge in [0, 0.05) is 12.6 Å². The summed E-state index contributed by atoms with van der Waals surface area (Å²) in [5, 5.41) is 3.51. The molecule has 2 nitrogen and oxygen atoms in total. The van der Waals surface area contributed by atoms with Crippen molar-refractivity contribution in [3.8, 4) is 0 Å². The molecule has 0 unspecified atom stereocenters. The molecule has 0 amide bonds. The molecule has 1 aliphatic heterocycles. The zero-order chi connectivity index (χ0) is 12.7. The number of nitrogens with one attached hydrogen (secondary N) is 1. The lowest BCUT2D eigenvalue weighted by atomic mass is 9.74. The molecule has 1 N–H and O–H groups in total. The number of hydrogen-bond donors (Lipinski definition) is 1. The zero-order valence-corrected chi connectivity index (χ0v) is 12.4. The van der Waals surface area contributed by atoms with Crippen LogP contribution >= 0.6 is 0 Å². The molecule has 0 aliphatic carbocycles. The smallest absolute Gasteiger partial charge is 0.00871 e. The second-order valence-electron chi connectivity index (χ2n) is 5.89. The molecule has 102 valence electrons. The minimum absolute atomic E-state index is 0.595. The van der Waals surface area contributed by atoms with Gasteiger partial charge in [0.05, 0.1) is 0 Å². The fourth-order valence-electron chi connectivity index (χ4n) is 3.54. The SMILES string of the molecule is CCCC1(CN(C)C(CC)CC)CCNCC1. The molecule has 0 aromatic heterocycles. The standard InChI is InChI=1S/C15H32N2/c1-5-8-15(9-11-16-12-10-15)13-17(4)14(6-2)7-3/h14,16H,5-13H2,1-4H3. The largest absolute Gasteiger partial charge is 0.317 e. The molecule has 0 atom stereocenters. The molecule has 0 saturated carbocycles. The van der Waals surface area contributed by atoms with E-state index in [1.165, 1.54) is 58.2 Å². The molecule has 0 bridgehead atoms. The van der Waals surface area contributed by atoms with Crippen LogP contribution in [0.2, 0.25) is 0 Å². The van der Waals surface area contributed by atoms with Crippen molar-refractivity contribution >= 4 is 0 Å². The number of rotatable bonds is 7. The van der Waals surface area contributed by atoms with Gasteiger partial charge >= 0.3 is 0 Å². The van der Waals surface area contributed by atoms with E-state index in [1.54, 1.807) is 0 Å². The van der Waals surface area contributed by atoms with Crippen LogP contribution in [0.5, 0.6) is 0 Å². The van der Waals surface area contributed by atoms with Crippen LogP contribution in [0, 0.1) is 5.41 Å². The van der Waals surface area contributed by atoms with Crippen molar-refractivity contribution in [2.75, 3.05) is 26.7 Å². The first-order valence-electron chi connectivity index (χ1n) is 7.58. The van der Waals surface area contributed by atoms with Gasteiger partial charge in [0.25, 0.3) is 0 Å². The van der Waals surface area contributed by atoms with Crippen molar-refractivity contribution in [2.24, 2.45) is 5.41 Å². The Labute approximate surface area is 108 Å². The normalized spacial score (nSPS) is 20.1. The molecule has 1 saturated heterocycles. The average molecular weight is 240 g/mol. The number of hydrogen-bond acceptors (Lipinski definition) is 2. The highest BCUT2D eigenvalue weighted by Gasteiger charge is 2.33. The number of nitrogens with zero attached hydrogens (tertiary/aromatic N) is 1. The van der Waals surface area contributed by atoms with Gasteiger partial charge in [0.2, 0.25) is 0 Å². The van der Waals surface area contributed by atoms with Crippen LogP contribution in [0.15, 0.2) is 0 Å². The van der Waals surface area contributed by atoms with E-state index in [2.05, 4.69) is 38.0 Å². The fraction of sp³-hybridized carbons (Fsp3) is 1.00. The highest BCUT2D eigenvalue weighted by Crippen LogP contribution is 2.35. The molecule has 1 fully saturated rings. The van der Waals surface area contributed by atoms with Gasteiger partial charge < -0.3 is 10.2 Å². The van der Waals surface area contributed by atoms with Crippen LogP contribution in [0.3, 0.4) is 0 Å². The summed E-state index contributed by atoms with van der Waals surface area (Å²) in [4.78, 5) is 2.63. The van der Waals surface area contributed by atoms with E-state index in [1.807, 2.05) is 0 Å². The maximum absolute atomic E-state index is 3.51. The van der Waals surface area contributed by atoms with Gasteiger partial charge in [-0.1, -0.05) is 27.2 Å². The monoisotopic (exact) mass is 240 g/mol. The van der Waals surface area contributed by atoms with Crippen molar-refractivity contribution in [1.29, 1.82) is 0 Å². The Balaban J connectivity index is 2.58. The molecule has 0 spiro atoms. The topological polar surface area (TPSA) is 15.3 Å². The van der Waals surface area contributed by atoms with Gasteiger partial charge in [-0.2, -0.15) is 0 Å². The zero-order valence-electron chi connectivity index (χ0n) is 12.4. The molecular formula is C15H32N2. The third-order valence-corrected chi connectivity index (χ3v) is 4.60. The summed E-state index contributed by atoms with van der Waals surface area (Å²) in [6, 6.07) is 0.776. The van der Waals surface area contributed by atoms with Crippen molar-refractivity contribution in [3.05, 3.63) is 0 Å². The lowest BCUT2D eigenvalue weighted by Gasteiger charge is -2.42. The molecule has 0 aromatic rings. The lowest BCUT2D eigenvalue weighted by molar-refractivity contribution is 0.0882. The van der Waals surface area contributed by atoms with Crippen LogP contribution in [0.4, 0.5) is 0 Å². The van der Waals surface area contributed by atoms with Gasteiger partial charge in [0.1, 0.15) is 0 Å². The average Bonchev–Trinajstić information content (AvgIpc) is 2.31. The second kappa shape index (κ2) is 7.38. The Bertz CT molecular complexity index is 188. The minimum Gasteiger partial charge on any atom is -0.317 e. The predicted molar refractivity (Wildman–Crippen MR) is 76.4 cm³/mol. The predicted octanol–water partition coefficient (Wildman–Crippen LogP) is 3.28. The van der Waals surface area contributed by atoms with Crippen LogP contribution in [0.1, 0.15) is 59.3 Å². The minimum atomic E-state index is 0.595. The van der Waals surface area contributed by atoms with Crippen molar-refractivity contribution in [3.63, 3.8) is 0 Å². The number of piperidine rings is 1. The van der Waals surface area contributed by atoms with E-state index >= 15 is 0 Å². The highest BCUT2D eigenvalue weighted by molar-refractivity contribution is 4.87. The van der Waals surface area contributed by atoms with Crippen molar-refractivity contribution < 1.29 is 0 Å². The molecule has 1 heterocycles. The first-order valence-corrected chi connectivity index (χ1v) is 7.58. The van der Waals surface area contributed by atoms with Gasteiger partial charge in [0.15, 0.2) is 0 Å². The third kappa shape index (κ3) is 4.26. The van der Waals surface area contributed by atoms with E-state index in [0.717, 1.165) is 6.04 Å². The first-order chi connectivity index (χ1) is 8.17. The summed E-state index contributed by atoms with van der Waals surface area (Å²) in [7, 11) is 2.33. The first kappa shape index (κ1) is 15.0. The summed E-state index contributed by atoms with van der Waals surface area (Å²) in [6.07, 6.45) is 8.04. The van der Waals surface area contributed by atoms with E-state index < -0.39 is 0 Å². The summed E-state index contributed by atoms with van der Waals surface area (Å²) in [5.74, 6) is 0. The van der Waals surface area contributed by atoms with E-state index in [-0.39, 0.29) is 0 Å². The third-order valence-electron chi connectivity index (χ3n) is 4.60. The van der Waals surface area contributed by atoms with Crippen LogP contribution in [-0.2, 0) is 0 Å². The lowest BCUT2D eigenvalue weighted by Crippen LogP contribution is -2.46. The fourth-order valence-corrected chi connectivity index (χ4v) is 3.54. The van der Waals surface area contributed by atoms with Crippen molar-refractivity contribution in [1.82, 2.24) is 10.2 Å². The Kier molecular flexibility index (Phi) is 6.50. The summed E-state index contributed by atoms with van der Waals surface area (Å²) in [6.45, 7) is 10.7. The second-order valence-corrected chi connectivity index (χ2v) is 5.89. The van der Waals surface area contributed by atoms with Crippen LogP contribution in [0.25, 0.3) is 0 Å². The maximum atomic E-state index is 3.51. The maximum Gasteiger partial charge on any atom is 0.00871 e. The van der Waals surface area contributed by atoms with Crippen LogP contribution in [-0.4, -0.2) is 37.6 Å². The van der Waals surface area contributed by atoms with E-state index in [0.29, 0.717) is 5.41 Å². The molecule has 0 radical (unpaired) electrons. The van der Waals surface area contributed by atoms with Gasteiger partial charge in [-0.25, -0.2) is 0 Å². The molecule has 0 aromatic carbocycles. The summed E-state index contributed by atoms with van der Waals surface area (Å²) < 4.78 is 0. The Morgan fingerprint density at radius 2 is 1.71 bits per heavy atom. The van der Waals surface area contributed by atoms with Gasteiger partial charge in [-0.3, -0.25) is 0 Å². The van der Waals surface area contributed by atoms with Crippen molar-refractivity contribution in [2.45, 2.75) is 65.3 Å². The molecule has 2 heteroatoms. The molecule has 17 heavy (non-hydrogen) atoms. The van der Waals surface area contributed by atoms with Crippen LogP contribution < -0.4 is 5.32 Å². The molecule has 1 rings (SSSR count).